The van der Waals surface area contributed by atoms with Crippen LogP contribution in [0, 0.1) is 5.82 Å². The highest BCUT2D eigenvalue weighted by molar-refractivity contribution is 9.10. The lowest BCUT2D eigenvalue weighted by Crippen LogP contribution is -2.42. The first-order chi connectivity index (χ1) is 10.2. The van der Waals surface area contributed by atoms with Gasteiger partial charge in [0.25, 0.3) is 0 Å². The second-order valence-corrected chi connectivity index (χ2v) is 5.89. The van der Waals surface area contributed by atoms with E-state index < -0.39 is 0 Å². The molecule has 0 amide bonds. The first-order valence-electron chi connectivity index (χ1n) is 6.85. The number of hydrogen-bond donors (Lipinski definition) is 0. The van der Waals surface area contributed by atoms with E-state index in [-0.39, 0.29) is 11.9 Å². The summed E-state index contributed by atoms with van der Waals surface area (Å²) in [5.41, 5.74) is 0. The number of hydrogen-bond acceptors (Lipinski definition) is 4. The molecule has 0 aromatic carbocycles. The van der Waals surface area contributed by atoms with Gasteiger partial charge >= 0.3 is 0 Å². The Morgan fingerprint density at radius 1 is 1.38 bits per heavy atom. The topological polar surface area (TPSA) is 38.2 Å². The number of aromatic nitrogens is 2. The second-order valence-electron chi connectivity index (χ2n) is 4.98. The van der Waals surface area contributed by atoms with E-state index in [0.29, 0.717) is 16.8 Å². The first kappa shape index (κ1) is 14.3. The maximum atomic E-state index is 14.0. The van der Waals surface area contributed by atoms with Gasteiger partial charge in [-0.2, -0.15) is 0 Å². The predicted octanol–water partition coefficient (Wildman–Crippen LogP) is 3.43. The van der Waals surface area contributed by atoms with Gasteiger partial charge in [0.05, 0.1) is 12.7 Å². The number of rotatable bonds is 3. The monoisotopic (exact) mass is 351 g/mol. The number of halogens is 2. The van der Waals surface area contributed by atoms with E-state index in [9.17, 15) is 4.39 Å². The summed E-state index contributed by atoms with van der Waals surface area (Å²) >= 11 is 3.22. The van der Waals surface area contributed by atoms with Gasteiger partial charge in [0.2, 0.25) is 0 Å². The molecule has 2 aromatic heterocycles. The van der Waals surface area contributed by atoms with Crippen LogP contribution in [0.25, 0.3) is 0 Å². The van der Waals surface area contributed by atoms with E-state index in [1.165, 1.54) is 6.07 Å². The van der Waals surface area contributed by atoms with Gasteiger partial charge in [0.15, 0.2) is 11.6 Å². The highest BCUT2D eigenvalue weighted by Gasteiger charge is 2.24. The average Bonchev–Trinajstić information content (AvgIpc) is 2.48. The third-order valence-corrected chi connectivity index (χ3v) is 3.84. The van der Waals surface area contributed by atoms with Crippen molar-refractivity contribution in [3.63, 3.8) is 0 Å². The molecule has 1 aliphatic heterocycles. The lowest BCUT2D eigenvalue weighted by Gasteiger charge is -2.33. The van der Waals surface area contributed by atoms with Crippen LogP contribution in [0.5, 0.6) is 5.75 Å². The Morgan fingerprint density at radius 2 is 2.29 bits per heavy atom. The highest BCUT2D eigenvalue weighted by atomic mass is 79.9. The fourth-order valence-electron chi connectivity index (χ4n) is 2.48. The van der Waals surface area contributed by atoms with Crippen LogP contribution in [0.2, 0.25) is 0 Å². The molecule has 2 aromatic rings. The summed E-state index contributed by atoms with van der Waals surface area (Å²) in [7, 11) is 0. The molecule has 0 bridgehead atoms. The Morgan fingerprint density at radius 3 is 3.05 bits per heavy atom. The maximum absolute atomic E-state index is 14.0. The molecule has 110 valence electrons. The van der Waals surface area contributed by atoms with Gasteiger partial charge in [-0.3, -0.25) is 4.98 Å². The summed E-state index contributed by atoms with van der Waals surface area (Å²) in [6, 6.07) is 5.16. The zero-order valence-electron chi connectivity index (χ0n) is 11.4. The third kappa shape index (κ3) is 3.50. The molecular weight excluding hydrogens is 337 g/mol. The van der Waals surface area contributed by atoms with Crippen molar-refractivity contribution >= 4 is 21.7 Å². The van der Waals surface area contributed by atoms with Gasteiger partial charge < -0.3 is 9.64 Å². The lowest BCUT2D eigenvalue weighted by atomic mass is 10.1. The molecule has 1 saturated heterocycles. The SMILES string of the molecule is Fc1cc(Br)cnc1N1CCCC(Oc2cccnc2)C1. The van der Waals surface area contributed by atoms with Gasteiger partial charge in [0, 0.05) is 23.4 Å². The highest BCUT2D eigenvalue weighted by Crippen LogP contribution is 2.25. The number of nitrogens with zero attached hydrogens (tertiary/aromatic N) is 3. The van der Waals surface area contributed by atoms with Crippen LogP contribution < -0.4 is 9.64 Å². The van der Waals surface area contributed by atoms with Crippen LogP contribution in [-0.2, 0) is 0 Å². The average molecular weight is 352 g/mol. The van der Waals surface area contributed by atoms with Gasteiger partial charge in [-0.15, -0.1) is 0 Å². The molecule has 6 heteroatoms. The van der Waals surface area contributed by atoms with Crippen molar-refractivity contribution < 1.29 is 9.13 Å². The first-order valence-corrected chi connectivity index (χ1v) is 7.64. The zero-order valence-corrected chi connectivity index (χ0v) is 13.0. The molecule has 4 nitrogen and oxygen atoms in total. The van der Waals surface area contributed by atoms with Gasteiger partial charge in [-0.25, -0.2) is 9.37 Å². The van der Waals surface area contributed by atoms with Crippen molar-refractivity contribution in [3.8, 4) is 5.75 Å². The van der Waals surface area contributed by atoms with Crippen molar-refractivity contribution in [2.45, 2.75) is 18.9 Å². The quantitative estimate of drug-likeness (QED) is 0.849. The third-order valence-electron chi connectivity index (χ3n) is 3.40. The number of ether oxygens (including phenoxy) is 1. The molecular formula is C15H15BrFN3O. The molecule has 0 spiro atoms. The van der Waals surface area contributed by atoms with Crippen LogP contribution in [-0.4, -0.2) is 29.2 Å². The van der Waals surface area contributed by atoms with E-state index in [1.807, 2.05) is 17.0 Å². The number of anilines is 1. The van der Waals surface area contributed by atoms with E-state index in [0.717, 1.165) is 25.1 Å². The normalized spacial score (nSPS) is 18.6. The molecule has 0 radical (unpaired) electrons. The van der Waals surface area contributed by atoms with Crippen LogP contribution in [0.4, 0.5) is 10.2 Å². The molecule has 0 saturated carbocycles. The van der Waals surface area contributed by atoms with Crippen molar-refractivity contribution in [1.29, 1.82) is 0 Å². The van der Waals surface area contributed by atoms with Crippen molar-refractivity contribution in [2.24, 2.45) is 0 Å². The second kappa shape index (κ2) is 6.39. The fourth-order valence-corrected chi connectivity index (χ4v) is 2.78. The Labute approximate surface area is 131 Å². The van der Waals surface area contributed by atoms with E-state index >= 15 is 0 Å². The van der Waals surface area contributed by atoms with Crippen molar-refractivity contribution in [2.75, 3.05) is 18.0 Å². The predicted molar refractivity (Wildman–Crippen MR) is 82.0 cm³/mol. The fraction of sp³-hybridized carbons (Fsp3) is 0.333. The van der Waals surface area contributed by atoms with Crippen LogP contribution in [0.15, 0.2) is 41.3 Å². The standard InChI is InChI=1S/C15H15BrFN3O/c16-11-7-14(17)15(19-8-11)20-6-2-4-13(10-20)21-12-3-1-5-18-9-12/h1,3,5,7-9,13H,2,4,6,10H2. The van der Waals surface area contributed by atoms with E-state index in [2.05, 4.69) is 25.9 Å². The van der Waals surface area contributed by atoms with Gasteiger partial charge in [-0.05, 0) is 47.0 Å². The smallest absolute Gasteiger partial charge is 0.166 e. The minimum Gasteiger partial charge on any atom is -0.487 e. The largest absolute Gasteiger partial charge is 0.487 e. The van der Waals surface area contributed by atoms with Crippen molar-refractivity contribution in [3.05, 3.63) is 47.1 Å². The Balaban J connectivity index is 1.71. The molecule has 21 heavy (non-hydrogen) atoms. The Kier molecular flexibility index (Phi) is 4.34. The molecule has 3 rings (SSSR count). The maximum Gasteiger partial charge on any atom is 0.166 e. The molecule has 1 unspecified atom stereocenters. The number of piperidine rings is 1. The van der Waals surface area contributed by atoms with Crippen molar-refractivity contribution in [1.82, 2.24) is 9.97 Å². The summed E-state index contributed by atoms with van der Waals surface area (Å²) in [5, 5.41) is 0. The molecule has 0 aliphatic carbocycles. The van der Waals surface area contributed by atoms with Gasteiger partial charge in [-0.1, -0.05) is 0 Å². The molecule has 1 fully saturated rings. The van der Waals surface area contributed by atoms with E-state index in [4.69, 9.17) is 4.74 Å². The lowest BCUT2D eigenvalue weighted by molar-refractivity contribution is 0.178. The van der Waals surface area contributed by atoms with Crippen LogP contribution >= 0.6 is 15.9 Å². The number of pyridine rings is 2. The summed E-state index contributed by atoms with van der Waals surface area (Å²) in [4.78, 5) is 10.2. The van der Waals surface area contributed by atoms with E-state index in [1.54, 1.807) is 18.6 Å². The summed E-state index contributed by atoms with van der Waals surface area (Å²) < 4.78 is 20.6. The zero-order chi connectivity index (χ0) is 14.7. The summed E-state index contributed by atoms with van der Waals surface area (Å²) in [5.74, 6) is 0.817. The summed E-state index contributed by atoms with van der Waals surface area (Å²) in [6.45, 7) is 1.42. The van der Waals surface area contributed by atoms with Crippen LogP contribution in [0.1, 0.15) is 12.8 Å². The molecule has 1 atom stereocenters. The van der Waals surface area contributed by atoms with Crippen LogP contribution in [0.3, 0.4) is 0 Å². The molecule has 1 aliphatic rings. The Hall–Kier alpha value is -1.69. The minimum absolute atomic E-state index is 0.0211. The van der Waals surface area contributed by atoms with Gasteiger partial charge in [0.1, 0.15) is 11.9 Å². The molecule has 0 N–H and O–H groups in total. The Bertz CT molecular complexity index is 611. The minimum atomic E-state index is -0.314. The molecule has 3 heterocycles. The summed E-state index contributed by atoms with van der Waals surface area (Å²) in [6.07, 6.45) is 6.93.